The molecule has 3 aliphatic rings. The zero-order chi connectivity index (χ0) is 18.8. The number of rotatable bonds is 4. The number of aliphatic imine (C=N–C) groups is 1. The van der Waals surface area contributed by atoms with Crippen molar-refractivity contribution in [2.75, 3.05) is 40.9 Å². The van der Waals surface area contributed by atoms with E-state index in [0.717, 1.165) is 60.2 Å². The van der Waals surface area contributed by atoms with Crippen LogP contribution in [0.2, 0.25) is 0 Å². The maximum absolute atomic E-state index is 5.43. The zero-order valence-corrected chi connectivity index (χ0v) is 16.1. The Kier molecular flexibility index (Phi) is 4.86. The maximum Gasteiger partial charge on any atom is 0.161 e. The first-order valence-corrected chi connectivity index (χ1v) is 9.23. The molecule has 0 radical (unpaired) electrons. The second kappa shape index (κ2) is 7.45. The van der Waals surface area contributed by atoms with Crippen molar-refractivity contribution in [1.82, 2.24) is 9.80 Å². The Morgan fingerprint density at radius 2 is 1.85 bits per heavy atom. The minimum absolute atomic E-state index is 0.735. The highest BCUT2D eigenvalue weighted by atomic mass is 16.5. The molecule has 0 amide bonds. The Morgan fingerprint density at radius 3 is 2.59 bits per heavy atom. The highest BCUT2D eigenvalue weighted by Crippen LogP contribution is 2.32. The first-order valence-electron chi connectivity index (χ1n) is 9.23. The van der Waals surface area contributed by atoms with Crippen molar-refractivity contribution in [3.8, 4) is 11.5 Å². The summed E-state index contributed by atoms with van der Waals surface area (Å²) in [5, 5.41) is 0. The van der Waals surface area contributed by atoms with E-state index in [1.165, 1.54) is 5.57 Å². The third kappa shape index (κ3) is 3.55. The Balaban J connectivity index is 1.55. The summed E-state index contributed by atoms with van der Waals surface area (Å²) in [4.78, 5) is 9.39. The second-order valence-electron chi connectivity index (χ2n) is 6.94. The van der Waals surface area contributed by atoms with E-state index in [2.05, 4.69) is 47.4 Å². The van der Waals surface area contributed by atoms with Gasteiger partial charge in [-0.2, -0.15) is 0 Å². The van der Waals surface area contributed by atoms with Gasteiger partial charge >= 0.3 is 0 Å². The molecular weight excluding hydrogens is 338 g/mol. The molecule has 140 valence electrons. The van der Waals surface area contributed by atoms with Gasteiger partial charge in [0.2, 0.25) is 0 Å². The number of hydrogen-bond acceptors (Lipinski definition) is 5. The molecule has 0 saturated carbocycles. The average Bonchev–Trinajstić information content (AvgIpc) is 2.73. The summed E-state index contributed by atoms with van der Waals surface area (Å²) in [5.74, 6) is 2.47. The zero-order valence-electron chi connectivity index (χ0n) is 16.1. The molecule has 3 heterocycles. The third-order valence-electron chi connectivity index (χ3n) is 5.18. The number of nitrogens with zero attached hydrogens (tertiary/aromatic N) is 3. The number of fused-ring (bicyclic) bond motifs is 1. The van der Waals surface area contributed by atoms with Crippen LogP contribution >= 0.6 is 0 Å². The summed E-state index contributed by atoms with van der Waals surface area (Å²) in [5.41, 5.74) is 4.71. The van der Waals surface area contributed by atoms with Crippen LogP contribution in [-0.2, 0) is 0 Å². The molecule has 27 heavy (non-hydrogen) atoms. The van der Waals surface area contributed by atoms with Gasteiger partial charge < -0.3 is 19.3 Å². The fraction of sp³-hybridized carbons (Fsp3) is 0.318. The molecule has 0 fully saturated rings. The van der Waals surface area contributed by atoms with Crippen LogP contribution in [0.15, 0.2) is 65.0 Å². The van der Waals surface area contributed by atoms with Gasteiger partial charge in [-0.15, -0.1) is 0 Å². The molecule has 0 N–H and O–H groups in total. The van der Waals surface area contributed by atoms with Crippen LogP contribution in [0, 0.1) is 0 Å². The highest BCUT2D eigenvalue weighted by molar-refractivity contribution is 6.01. The molecule has 1 aromatic carbocycles. The monoisotopic (exact) mass is 363 g/mol. The van der Waals surface area contributed by atoms with E-state index in [4.69, 9.17) is 14.5 Å². The van der Waals surface area contributed by atoms with Crippen molar-refractivity contribution in [3.05, 3.63) is 65.5 Å². The Morgan fingerprint density at radius 1 is 1.00 bits per heavy atom. The van der Waals surface area contributed by atoms with Gasteiger partial charge in [0, 0.05) is 25.8 Å². The predicted molar refractivity (Wildman–Crippen MR) is 109 cm³/mol. The molecule has 0 spiro atoms. The molecule has 5 nitrogen and oxygen atoms in total. The van der Waals surface area contributed by atoms with Crippen molar-refractivity contribution in [3.63, 3.8) is 0 Å². The van der Waals surface area contributed by atoms with Crippen LogP contribution in [0.3, 0.4) is 0 Å². The van der Waals surface area contributed by atoms with Crippen LogP contribution in [0.4, 0.5) is 0 Å². The van der Waals surface area contributed by atoms with Crippen molar-refractivity contribution in [2.24, 2.45) is 4.99 Å². The van der Waals surface area contributed by atoms with Crippen LogP contribution < -0.4 is 9.47 Å². The Labute approximate surface area is 160 Å². The number of allylic oxidation sites excluding steroid dienone is 3. The van der Waals surface area contributed by atoms with Crippen molar-refractivity contribution in [1.29, 1.82) is 0 Å². The number of likely N-dealkylation sites (N-methyl/N-ethyl adjacent to an activating group) is 1. The lowest BCUT2D eigenvalue weighted by Crippen LogP contribution is -2.30. The van der Waals surface area contributed by atoms with Crippen LogP contribution in [0.25, 0.3) is 5.57 Å². The summed E-state index contributed by atoms with van der Waals surface area (Å²) < 4.78 is 10.8. The molecule has 4 rings (SSSR count). The van der Waals surface area contributed by atoms with E-state index in [0.29, 0.717) is 0 Å². The minimum Gasteiger partial charge on any atom is -0.493 e. The van der Waals surface area contributed by atoms with Gasteiger partial charge in [-0.1, -0.05) is 12.1 Å². The van der Waals surface area contributed by atoms with Crippen LogP contribution in [0.5, 0.6) is 11.5 Å². The van der Waals surface area contributed by atoms with Gasteiger partial charge in [0.15, 0.2) is 11.5 Å². The summed E-state index contributed by atoms with van der Waals surface area (Å²) in [7, 11) is 5.46. The highest BCUT2D eigenvalue weighted by Gasteiger charge is 2.20. The molecule has 0 aliphatic carbocycles. The van der Waals surface area contributed by atoms with Crippen LogP contribution in [0.1, 0.15) is 12.0 Å². The van der Waals surface area contributed by atoms with Gasteiger partial charge in [0.1, 0.15) is 5.84 Å². The fourth-order valence-electron chi connectivity index (χ4n) is 3.53. The summed E-state index contributed by atoms with van der Waals surface area (Å²) in [6.45, 7) is 2.93. The molecule has 5 heteroatoms. The van der Waals surface area contributed by atoms with Crippen molar-refractivity contribution >= 4 is 11.4 Å². The number of methoxy groups -OCH3 is 2. The molecule has 0 bridgehead atoms. The molecule has 1 aromatic rings. The molecule has 0 aromatic heterocycles. The lowest BCUT2D eigenvalue weighted by atomic mass is 10.0. The lowest BCUT2D eigenvalue weighted by molar-refractivity contribution is 0.355. The SMILES string of the molecule is COc1ccc(C2=CN3CC=C(C4=CCN(C)CC4)N=C3C=C2)cc1OC. The van der Waals surface area contributed by atoms with Gasteiger partial charge in [-0.05, 0) is 60.5 Å². The predicted octanol–water partition coefficient (Wildman–Crippen LogP) is 3.47. The van der Waals surface area contributed by atoms with E-state index in [1.54, 1.807) is 14.2 Å². The number of amidine groups is 1. The third-order valence-corrected chi connectivity index (χ3v) is 5.18. The summed E-state index contributed by atoms with van der Waals surface area (Å²) >= 11 is 0. The fourth-order valence-corrected chi connectivity index (χ4v) is 3.53. The first kappa shape index (κ1) is 17.6. The Hall–Kier alpha value is -2.79. The molecule has 3 aliphatic heterocycles. The minimum atomic E-state index is 0.735. The smallest absolute Gasteiger partial charge is 0.161 e. The summed E-state index contributed by atoms with van der Waals surface area (Å²) in [6.07, 6.45) is 11.9. The van der Waals surface area contributed by atoms with Crippen LogP contribution in [-0.4, -0.2) is 56.5 Å². The molecule has 0 saturated heterocycles. The van der Waals surface area contributed by atoms with E-state index < -0.39 is 0 Å². The number of benzene rings is 1. The standard InChI is InChI=1S/C22H25N3O2/c1-24-11-8-16(9-12-24)19-10-13-25-15-18(5-7-22(25)23-19)17-4-6-20(26-2)21(14-17)27-3/h4-8,10,14-15H,9,11-13H2,1-3H3. The molecule has 0 atom stereocenters. The van der Waals surface area contributed by atoms with Gasteiger partial charge in [0.05, 0.1) is 19.9 Å². The van der Waals surface area contributed by atoms with Crippen molar-refractivity contribution < 1.29 is 9.47 Å². The van der Waals surface area contributed by atoms with Gasteiger partial charge in [-0.25, -0.2) is 4.99 Å². The second-order valence-corrected chi connectivity index (χ2v) is 6.94. The average molecular weight is 363 g/mol. The van der Waals surface area contributed by atoms with Gasteiger partial charge in [0.25, 0.3) is 0 Å². The largest absolute Gasteiger partial charge is 0.493 e. The van der Waals surface area contributed by atoms with E-state index in [1.807, 2.05) is 18.2 Å². The van der Waals surface area contributed by atoms with E-state index in [-0.39, 0.29) is 0 Å². The Bertz CT molecular complexity index is 893. The quantitative estimate of drug-likeness (QED) is 0.821. The summed E-state index contributed by atoms with van der Waals surface area (Å²) in [6, 6.07) is 5.99. The lowest BCUT2D eigenvalue weighted by Gasteiger charge is -2.29. The van der Waals surface area contributed by atoms with E-state index in [9.17, 15) is 0 Å². The molecular formula is C22H25N3O2. The maximum atomic E-state index is 5.43. The first-order chi connectivity index (χ1) is 13.2. The normalized spacial score (nSPS) is 19.6. The van der Waals surface area contributed by atoms with E-state index >= 15 is 0 Å². The molecule has 0 unspecified atom stereocenters. The van der Waals surface area contributed by atoms with Gasteiger partial charge in [-0.3, -0.25) is 0 Å². The van der Waals surface area contributed by atoms with Crippen molar-refractivity contribution in [2.45, 2.75) is 6.42 Å². The number of ether oxygens (including phenoxy) is 2. The number of hydrogen-bond donors (Lipinski definition) is 0. The topological polar surface area (TPSA) is 37.3 Å².